The molecule has 1 N–H and O–H groups in total. The zero-order chi connectivity index (χ0) is 18.9. The third-order valence-corrected chi connectivity index (χ3v) is 5.66. The minimum absolute atomic E-state index is 0.00588. The molecule has 0 fully saturated rings. The van der Waals surface area contributed by atoms with Crippen molar-refractivity contribution >= 4 is 32.6 Å². The van der Waals surface area contributed by atoms with Gasteiger partial charge in [-0.15, -0.1) is 0 Å². The van der Waals surface area contributed by atoms with Gasteiger partial charge in [0, 0.05) is 25.0 Å². The second kappa shape index (κ2) is 6.63. The summed E-state index contributed by atoms with van der Waals surface area (Å²) in [6.07, 6.45) is 0. The number of carbonyl (C=O) groups excluding carboxylic acids is 1. The van der Waals surface area contributed by atoms with E-state index in [4.69, 9.17) is 4.42 Å². The van der Waals surface area contributed by atoms with Crippen molar-refractivity contribution in [2.75, 3.05) is 19.4 Å². The number of furan rings is 1. The quantitative estimate of drug-likeness (QED) is 0.762. The van der Waals surface area contributed by atoms with Gasteiger partial charge >= 0.3 is 0 Å². The Morgan fingerprint density at radius 3 is 2.38 bits per heavy atom. The van der Waals surface area contributed by atoms with Crippen molar-refractivity contribution in [1.82, 2.24) is 4.31 Å². The number of nitrogens with one attached hydrogen (secondary N) is 1. The molecule has 0 spiro atoms. The van der Waals surface area contributed by atoms with Crippen LogP contribution in [0.25, 0.3) is 11.0 Å². The zero-order valence-electron chi connectivity index (χ0n) is 14.1. The van der Waals surface area contributed by atoms with Crippen LogP contribution >= 0.6 is 0 Å². The number of benzene rings is 2. The fraction of sp³-hybridized carbons (Fsp3) is 0.111. The molecule has 8 heteroatoms. The lowest BCUT2D eigenvalue weighted by atomic mass is 10.2. The van der Waals surface area contributed by atoms with E-state index in [0.29, 0.717) is 11.0 Å². The Kier molecular flexibility index (Phi) is 4.50. The van der Waals surface area contributed by atoms with E-state index < -0.39 is 15.9 Å². The monoisotopic (exact) mass is 369 g/mol. The first-order chi connectivity index (χ1) is 12.3. The van der Waals surface area contributed by atoms with Gasteiger partial charge in [0.25, 0.3) is 5.91 Å². The van der Waals surface area contributed by atoms with E-state index in [9.17, 15) is 18.5 Å². The van der Waals surface area contributed by atoms with Crippen LogP contribution in [0, 0.1) is 11.3 Å². The largest absolute Gasteiger partial charge is 0.443 e. The first-order valence-corrected chi connectivity index (χ1v) is 9.04. The number of nitrogens with zero attached hydrogens (tertiary/aromatic N) is 2. The van der Waals surface area contributed by atoms with E-state index in [1.54, 1.807) is 24.3 Å². The van der Waals surface area contributed by atoms with Crippen LogP contribution in [0.5, 0.6) is 0 Å². The van der Waals surface area contributed by atoms with E-state index in [1.807, 2.05) is 6.07 Å². The fourth-order valence-corrected chi connectivity index (χ4v) is 3.32. The number of carbonyl (C=O) groups is 1. The molecule has 0 aliphatic rings. The van der Waals surface area contributed by atoms with Gasteiger partial charge < -0.3 is 9.73 Å². The molecule has 1 aromatic heterocycles. The molecule has 0 aliphatic heterocycles. The fourth-order valence-electron chi connectivity index (χ4n) is 2.42. The van der Waals surface area contributed by atoms with Gasteiger partial charge in [-0.3, -0.25) is 4.79 Å². The summed E-state index contributed by atoms with van der Waals surface area (Å²) in [5.74, 6) is -0.465. The average Bonchev–Trinajstić information content (AvgIpc) is 2.99. The third kappa shape index (κ3) is 3.06. The Hall–Kier alpha value is -3.15. The molecule has 26 heavy (non-hydrogen) atoms. The summed E-state index contributed by atoms with van der Waals surface area (Å²) in [6.45, 7) is 0. The lowest BCUT2D eigenvalue weighted by Gasteiger charge is -2.11. The highest BCUT2D eigenvalue weighted by atomic mass is 32.2. The summed E-state index contributed by atoms with van der Waals surface area (Å²) >= 11 is 0. The topological polar surface area (TPSA) is 103 Å². The molecule has 0 unspecified atom stereocenters. The molecule has 7 nitrogen and oxygen atoms in total. The predicted octanol–water partition coefficient (Wildman–Crippen LogP) is 2.81. The van der Waals surface area contributed by atoms with Gasteiger partial charge in [-0.25, -0.2) is 12.7 Å². The molecule has 1 amide bonds. The Labute approximate surface area is 150 Å². The molecule has 3 rings (SSSR count). The number of hydrogen-bond acceptors (Lipinski definition) is 5. The molecule has 0 saturated heterocycles. The first-order valence-electron chi connectivity index (χ1n) is 7.60. The molecule has 2 aromatic carbocycles. The third-order valence-electron chi connectivity index (χ3n) is 3.83. The van der Waals surface area contributed by atoms with Crippen molar-refractivity contribution in [3.63, 3.8) is 0 Å². The number of hydrogen-bond donors (Lipinski definition) is 1. The average molecular weight is 369 g/mol. The first kappa shape index (κ1) is 17.7. The van der Waals surface area contributed by atoms with Gasteiger partial charge in [0.05, 0.1) is 4.90 Å². The number of nitriles is 1. The molecule has 0 bridgehead atoms. The van der Waals surface area contributed by atoms with E-state index in [-0.39, 0.29) is 21.9 Å². The van der Waals surface area contributed by atoms with E-state index in [1.165, 1.54) is 38.4 Å². The SMILES string of the molecule is CN(C)S(=O)(=O)c1ccc(C(=O)Nc2c(C#N)oc3ccccc23)cc1. The molecular formula is C18H15N3O4S. The molecular weight excluding hydrogens is 354 g/mol. The molecule has 0 atom stereocenters. The summed E-state index contributed by atoms with van der Waals surface area (Å²) in [6, 6.07) is 14.5. The minimum atomic E-state index is -3.57. The Morgan fingerprint density at radius 1 is 1.12 bits per heavy atom. The zero-order valence-corrected chi connectivity index (χ0v) is 14.9. The number of para-hydroxylation sites is 1. The summed E-state index contributed by atoms with van der Waals surface area (Å²) in [5, 5.41) is 12.5. The van der Waals surface area contributed by atoms with Crippen molar-refractivity contribution in [1.29, 1.82) is 5.26 Å². The standard InChI is InChI=1S/C18H15N3O4S/c1-21(2)26(23,24)13-9-7-12(8-10-13)18(22)20-17-14-5-3-4-6-15(14)25-16(17)11-19/h3-10H,1-2H3,(H,20,22). The van der Waals surface area contributed by atoms with Gasteiger partial charge in [-0.05, 0) is 36.4 Å². The van der Waals surface area contributed by atoms with Gasteiger partial charge in [0.1, 0.15) is 17.3 Å². The Bertz CT molecular complexity index is 1120. The van der Waals surface area contributed by atoms with Gasteiger partial charge in [0.2, 0.25) is 15.8 Å². The summed E-state index contributed by atoms with van der Waals surface area (Å²) in [4.78, 5) is 12.6. The summed E-state index contributed by atoms with van der Waals surface area (Å²) < 4.78 is 30.7. The minimum Gasteiger partial charge on any atom is -0.443 e. The maximum absolute atomic E-state index is 12.5. The lowest BCUT2D eigenvalue weighted by molar-refractivity contribution is 0.102. The Balaban J connectivity index is 1.91. The van der Waals surface area contributed by atoms with E-state index >= 15 is 0 Å². The van der Waals surface area contributed by atoms with Crippen molar-refractivity contribution < 1.29 is 17.6 Å². The number of anilines is 1. The van der Waals surface area contributed by atoms with Gasteiger partial charge in [-0.2, -0.15) is 5.26 Å². The lowest BCUT2D eigenvalue weighted by Crippen LogP contribution is -2.22. The second-order valence-electron chi connectivity index (χ2n) is 5.68. The molecule has 0 aliphatic carbocycles. The number of rotatable bonds is 4. The number of amides is 1. The van der Waals surface area contributed by atoms with Crippen molar-refractivity contribution in [2.24, 2.45) is 0 Å². The van der Waals surface area contributed by atoms with Crippen molar-refractivity contribution in [3.05, 3.63) is 59.9 Å². The second-order valence-corrected chi connectivity index (χ2v) is 7.83. The normalized spacial score (nSPS) is 11.5. The van der Waals surface area contributed by atoms with Crippen LogP contribution in [-0.2, 0) is 10.0 Å². The maximum atomic E-state index is 12.5. The van der Waals surface area contributed by atoms with Crippen LogP contribution in [-0.4, -0.2) is 32.7 Å². The van der Waals surface area contributed by atoms with Crippen LogP contribution in [0.2, 0.25) is 0 Å². The number of sulfonamides is 1. The highest BCUT2D eigenvalue weighted by Crippen LogP contribution is 2.30. The Morgan fingerprint density at radius 2 is 1.77 bits per heavy atom. The molecule has 132 valence electrons. The van der Waals surface area contributed by atoms with E-state index in [2.05, 4.69) is 5.32 Å². The molecule has 1 heterocycles. The van der Waals surface area contributed by atoms with Crippen LogP contribution in [0.3, 0.4) is 0 Å². The molecule has 0 radical (unpaired) electrons. The van der Waals surface area contributed by atoms with Gasteiger partial charge in [-0.1, -0.05) is 12.1 Å². The van der Waals surface area contributed by atoms with Crippen LogP contribution in [0.4, 0.5) is 5.69 Å². The van der Waals surface area contributed by atoms with Gasteiger partial charge in [0.15, 0.2) is 0 Å². The number of fused-ring (bicyclic) bond motifs is 1. The van der Waals surface area contributed by atoms with Crippen molar-refractivity contribution in [2.45, 2.75) is 4.90 Å². The molecule has 3 aromatic rings. The van der Waals surface area contributed by atoms with Crippen molar-refractivity contribution in [3.8, 4) is 6.07 Å². The summed E-state index contributed by atoms with van der Waals surface area (Å²) in [7, 11) is -0.697. The highest BCUT2D eigenvalue weighted by molar-refractivity contribution is 7.89. The van der Waals surface area contributed by atoms with Crippen LogP contribution in [0.15, 0.2) is 57.8 Å². The van der Waals surface area contributed by atoms with Crippen LogP contribution < -0.4 is 5.32 Å². The molecule has 0 saturated carbocycles. The predicted molar refractivity (Wildman–Crippen MR) is 96.2 cm³/mol. The smallest absolute Gasteiger partial charge is 0.255 e. The maximum Gasteiger partial charge on any atom is 0.255 e. The summed E-state index contributed by atoms with van der Waals surface area (Å²) in [5.41, 5.74) is 1.04. The van der Waals surface area contributed by atoms with E-state index in [0.717, 1.165) is 4.31 Å². The van der Waals surface area contributed by atoms with Crippen LogP contribution in [0.1, 0.15) is 16.1 Å². The highest BCUT2D eigenvalue weighted by Gasteiger charge is 2.19.